The third kappa shape index (κ3) is 3.22. The number of hydrogen-bond donors (Lipinski definition) is 2. The van der Waals surface area contributed by atoms with Crippen LogP contribution < -0.4 is 10.5 Å². The molecule has 2 rings (SSSR count). The number of nitrogens with one attached hydrogen (secondary N) is 1. The Bertz CT molecular complexity index is 484. The van der Waals surface area contributed by atoms with Crippen molar-refractivity contribution in [1.29, 1.82) is 0 Å². The van der Waals surface area contributed by atoms with Gasteiger partial charge in [0.15, 0.2) is 0 Å². The van der Waals surface area contributed by atoms with Gasteiger partial charge in [0, 0.05) is 18.3 Å². The molecule has 4 nitrogen and oxygen atoms in total. The molecular weight excluding hydrogens is 238 g/mol. The minimum absolute atomic E-state index is 0.369. The second-order valence-corrected chi connectivity index (χ2v) is 4.02. The van der Waals surface area contributed by atoms with Gasteiger partial charge in [-0.1, -0.05) is 23.7 Å². The lowest BCUT2D eigenvalue weighted by molar-refractivity contribution is 0.297. The average Bonchev–Trinajstić information content (AvgIpc) is 2.76. The van der Waals surface area contributed by atoms with E-state index in [0.29, 0.717) is 23.9 Å². The second kappa shape index (κ2) is 5.70. The highest BCUT2D eigenvalue weighted by atomic mass is 35.5. The molecule has 0 fully saturated rings. The van der Waals surface area contributed by atoms with Crippen LogP contribution in [0, 0.1) is 0 Å². The summed E-state index contributed by atoms with van der Waals surface area (Å²) in [6, 6.07) is 7.36. The normalized spacial score (nSPS) is 10.5. The fourth-order valence-electron chi connectivity index (χ4n) is 1.47. The lowest BCUT2D eigenvalue weighted by Gasteiger charge is -2.05. The molecule has 0 spiro atoms. The van der Waals surface area contributed by atoms with Gasteiger partial charge in [-0.2, -0.15) is 0 Å². The standard InChI is InChI=1S/C12H14ClN3O/c13-10-3-1-2-4-11(10)17-8-12-15-7-9(16-12)5-6-14/h1-4,7H,5-6,8,14H2,(H,15,16). The molecule has 0 aliphatic rings. The maximum atomic E-state index is 5.97. The van der Waals surface area contributed by atoms with E-state index in [2.05, 4.69) is 9.97 Å². The monoisotopic (exact) mass is 251 g/mol. The molecule has 5 heteroatoms. The van der Waals surface area contributed by atoms with Gasteiger partial charge in [0.05, 0.1) is 5.02 Å². The summed E-state index contributed by atoms with van der Waals surface area (Å²) < 4.78 is 5.56. The van der Waals surface area contributed by atoms with Crippen LogP contribution >= 0.6 is 11.6 Å². The Morgan fingerprint density at radius 2 is 2.18 bits per heavy atom. The summed E-state index contributed by atoms with van der Waals surface area (Å²) in [5.74, 6) is 1.43. The summed E-state index contributed by atoms with van der Waals surface area (Å²) in [7, 11) is 0. The summed E-state index contributed by atoms with van der Waals surface area (Å²) in [5, 5.41) is 0.598. The quantitative estimate of drug-likeness (QED) is 0.856. The molecule has 0 amide bonds. The van der Waals surface area contributed by atoms with Crippen molar-refractivity contribution in [2.75, 3.05) is 6.54 Å². The molecule has 0 bridgehead atoms. The van der Waals surface area contributed by atoms with Gasteiger partial charge in [-0.15, -0.1) is 0 Å². The van der Waals surface area contributed by atoms with E-state index in [-0.39, 0.29) is 0 Å². The van der Waals surface area contributed by atoms with Crippen molar-refractivity contribution in [1.82, 2.24) is 9.97 Å². The number of hydrogen-bond acceptors (Lipinski definition) is 3. The van der Waals surface area contributed by atoms with Crippen molar-refractivity contribution in [3.05, 3.63) is 47.0 Å². The summed E-state index contributed by atoms with van der Waals surface area (Å²) in [4.78, 5) is 7.34. The molecule has 3 N–H and O–H groups in total. The predicted molar refractivity (Wildman–Crippen MR) is 67.1 cm³/mol. The largest absolute Gasteiger partial charge is 0.484 e. The molecule has 0 atom stereocenters. The average molecular weight is 252 g/mol. The molecule has 0 aliphatic heterocycles. The van der Waals surface area contributed by atoms with Crippen molar-refractivity contribution < 1.29 is 4.74 Å². The van der Waals surface area contributed by atoms with Gasteiger partial charge >= 0.3 is 0 Å². The van der Waals surface area contributed by atoms with Gasteiger partial charge in [0.25, 0.3) is 0 Å². The molecule has 1 heterocycles. The number of rotatable bonds is 5. The fraction of sp³-hybridized carbons (Fsp3) is 0.250. The van der Waals surface area contributed by atoms with Crippen LogP contribution in [0.5, 0.6) is 5.75 Å². The minimum atomic E-state index is 0.369. The summed E-state index contributed by atoms with van der Waals surface area (Å²) in [5.41, 5.74) is 6.48. The number of ether oxygens (including phenoxy) is 1. The van der Waals surface area contributed by atoms with Crippen LogP contribution in [0.1, 0.15) is 11.5 Å². The number of imidazole rings is 1. The highest BCUT2D eigenvalue weighted by Gasteiger charge is 2.03. The number of halogens is 1. The Morgan fingerprint density at radius 1 is 1.35 bits per heavy atom. The molecule has 17 heavy (non-hydrogen) atoms. The Balaban J connectivity index is 1.95. The van der Waals surface area contributed by atoms with E-state index in [9.17, 15) is 0 Å². The maximum Gasteiger partial charge on any atom is 0.146 e. The fourth-order valence-corrected chi connectivity index (χ4v) is 1.66. The number of aromatic nitrogens is 2. The van der Waals surface area contributed by atoms with Crippen LogP contribution in [0.25, 0.3) is 0 Å². The Labute approximate surface area is 105 Å². The Kier molecular flexibility index (Phi) is 4.01. The smallest absolute Gasteiger partial charge is 0.146 e. The van der Waals surface area contributed by atoms with Crippen molar-refractivity contribution in [2.24, 2.45) is 5.73 Å². The van der Waals surface area contributed by atoms with E-state index in [4.69, 9.17) is 22.1 Å². The third-order valence-corrected chi connectivity index (χ3v) is 2.61. The highest BCUT2D eigenvalue weighted by Crippen LogP contribution is 2.23. The summed E-state index contributed by atoms with van der Waals surface area (Å²) in [6.07, 6.45) is 2.57. The van der Waals surface area contributed by atoms with Gasteiger partial charge in [-0.05, 0) is 18.7 Å². The third-order valence-electron chi connectivity index (χ3n) is 2.30. The van der Waals surface area contributed by atoms with E-state index in [1.165, 1.54) is 0 Å². The van der Waals surface area contributed by atoms with Gasteiger partial charge in [0.2, 0.25) is 0 Å². The molecule has 0 unspecified atom stereocenters. The molecular formula is C12H14ClN3O. The molecule has 1 aromatic heterocycles. The SMILES string of the molecule is NCCc1cnc(COc2ccccc2Cl)[nH]1. The van der Waals surface area contributed by atoms with E-state index in [0.717, 1.165) is 17.9 Å². The van der Waals surface area contributed by atoms with Crippen molar-refractivity contribution in [2.45, 2.75) is 13.0 Å². The first-order valence-electron chi connectivity index (χ1n) is 5.39. The molecule has 1 aromatic carbocycles. The first-order chi connectivity index (χ1) is 8.29. The zero-order chi connectivity index (χ0) is 12.1. The first-order valence-corrected chi connectivity index (χ1v) is 5.77. The van der Waals surface area contributed by atoms with Crippen LogP contribution in [-0.2, 0) is 13.0 Å². The van der Waals surface area contributed by atoms with Crippen LogP contribution in [0.15, 0.2) is 30.5 Å². The van der Waals surface area contributed by atoms with Gasteiger partial charge in [-0.25, -0.2) is 4.98 Å². The zero-order valence-electron chi connectivity index (χ0n) is 9.32. The van der Waals surface area contributed by atoms with E-state index in [1.54, 1.807) is 12.3 Å². The first kappa shape index (κ1) is 12.0. The predicted octanol–water partition coefficient (Wildman–Crippen LogP) is 2.14. The van der Waals surface area contributed by atoms with Crippen LogP contribution in [0.3, 0.4) is 0 Å². The van der Waals surface area contributed by atoms with Crippen molar-refractivity contribution in [3.63, 3.8) is 0 Å². The van der Waals surface area contributed by atoms with Crippen molar-refractivity contribution >= 4 is 11.6 Å². The molecule has 2 aromatic rings. The minimum Gasteiger partial charge on any atom is -0.484 e. The Morgan fingerprint density at radius 3 is 2.94 bits per heavy atom. The molecule has 90 valence electrons. The number of para-hydroxylation sites is 1. The van der Waals surface area contributed by atoms with Crippen molar-refractivity contribution in [3.8, 4) is 5.75 Å². The number of nitrogens with zero attached hydrogens (tertiary/aromatic N) is 1. The summed E-state index contributed by atoms with van der Waals surface area (Å²) in [6.45, 7) is 0.974. The molecule has 0 radical (unpaired) electrons. The lowest BCUT2D eigenvalue weighted by atomic mass is 10.3. The topological polar surface area (TPSA) is 63.9 Å². The molecule has 0 saturated carbocycles. The van der Waals surface area contributed by atoms with Gasteiger partial charge < -0.3 is 15.5 Å². The zero-order valence-corrected chi connectivity index (χ0v) is 10.1. The van der Waals surface area contributed by atoms with Crippen LogP contribution in [-0.4, -0.2) is 16.5 Å². The number of H-pyrrole nitrogens is 1. The van der Waals surface area contributed by atoms with E-state index in [1.807, 2.05) is 18.2 Å². The maximum absolute atomic E-state index is 5.97. The number of nitrogens with two attached hydrogens (primary N) is 1. The highest BCUT2D eigenvalue weighted by molar-refractivity contribution is 6.32. The number of aromatic amines is 1. The van der Waals surface area contributed by atoms with E-state index < -0.39 is 0 Å². The lowest BCUT2D eigenvalue weighted by Crippen LogP contribution is -2.03. The van der Waals surface area contributed by atoms with Crippen LogP contribution in [0.4, 0.5) is 0 Å². The van der Waals surface area contributed by atoms with Gasteiger partial charge in [0.1, 0.15) is 18.2 Å². The molecule has 0 saturated heterocycles. The van der Waals surface area contributed by atoms with Crippen LogP contribution in [0.2, 0.25) is 5.02 Å². The van der Waals surface area contributed by atoms with E-state index >= 15 is 0 Å². The number of benzene rings is 1. The summed E-state index contributed by atoms with van der Waals surface area (Å²) >= 11 is 5.97. The van der Waals surface area contributed by atoms with Gasteiger partial charge in [-0.3, -0.25) is 0 Å². The second-order valence-electron chi connectivity index (χ2n) is 3.61. The Hall–Kier alpha value is -1.52. The molecule has 0 aliphatic carbocycles.